The molecular formula is C13H16BCl3O3. The van der Waals surface area contributed by atoms with Crippen molar-refractivity contribution in [2.75, 3.05) is 7.11 Å². The minimum atomic E-state index is -0.661. The molecule has 0 spiro atoms. The Kier molecular flexibility index (Phi) is 4.27. The molecule has 0 N–H and O–H groups in total. The first kappa shape index (κ1) is 16.2. The Morgan fingerprint density at radius 2 is 1.50 bits per heavy atom. The van der Waals surface area contributed by atoms with Crippen molar-refractivity contribution in [1.29, 1.82) is 0 Å². The van der Waals surface area contributed by atoms with E-state index in [4.69, 9.17) is 48.8 Å². The monoisotopic (exact) mass is 336 g/mol. The van der Waals surface area contributed by atoms with Crippen LogP contribution in [0.25, 0.3) is 0 Å². The summed E-state index contributed by atoms with van der Waals surface area (Å²) in [7, 11) is 0.834. The third kappa shape index (κ3) is 2.53. The van der Waals surface area contributed by atoms with Gasteiger partial charge in [0.2, 0.25) is 0 Å². The van der Waals surface area contributed by atoms with Gasteiger partial charge in [-0.15, -0.1) is 0 Å². The summed E-state index contributed by atoms with van der Waals surface area (Å²) >= 11 is 18.6. The third-order valence-corrected chi connectivity index (χ3v) is 4.83. The fourth-order valence-electron chi connectivity index (χ4n) is 1.95. The molecule has 0 aliphatic carbocycles. The molecule has 2 rings (SSSR count). The molecule has 1 heterocycles. The first-order valence-electron chi connectivity index (χ1n) is 6.17. The zero-order valence-electron chi connectivity index (χ0n) is 12.0. The van der Waals surface area contributed by atoms with Crippen molar-refractivity contribution in [1.82, 2.24) is 0 Å². The Bertz CT molecular complexity index is 530. The summed E-state index contributed by atoms with van der Waals surface area (Å²) in [4.78, 5) is 0. The Morgan fingerprint density at radius 1 is 1.00 bits per heavy atom. The largest absolute Gasteiger partial charge is 0.498 e. The molecule has 1 aliphatic heterocycles. The van der Waals surface area contributed by atoms with E-state index in [1.807, 2.05) is 27.7 Å². The lowest BCUT2D eigenvalue weighted by atomic mass is 9.78. The highest BCUT2D eigenvalue weighted by molar-refractivity contribution is 6.69. The van der Waals surface area contributed by atoms with Gasteiger partial charge in [-0.1, -0.05) is 34.8 Å². The Morgan fingerprint density at radius 3 is 1.95 bits per heavy atom. The van der Waals surface area contributed by atoms with Crippen LogP contribution in [0.4, 0.5) is 0 Å². The highest BCUT2D eigenvalue weighted by atomic mass is 35.5. The predicted molar refractivity (Wildman–Crippen MR) is 83.7 cm³/mol. The van der Waals surface area contributed by atoms with Gasteiger partial charge in [0.25, 0.3) is 0 Å². The lowest BCUT2D eigenvalue weighted by molar-refractivity contribution is 0.00578. The quantitative estimate of drug-likeness (QED) is 0.765. The lowest BCUT2D eigenvalue weighted by Gasteiger charge is -2.32. The van der Waals surface area contributed by atoms with Crippen molar-refractivity contribution in [3.8, 4) is 5.75 Å². The zero-order valence-corrected chi connectivity index (χ0v) is 14.3. The van der Waals surface area contributed by atoms with E-state index in [0.29, 0.717) is 26.3 Å². The molecule has 1 aromatic rings. The average Bonchev–Trinajstić information content (AvgIpc) is 2.47. The summed E-state index contributed by atoms with van der Waals surface area (Å²) in [5.74, 6) is 0.363. The maximum Gasteiger partial charge on any atom is 0.498 e. The highest BCUT2D eigenvalue weighted by Gasteiger charge is 2.53. The van der Waals surface area contributed by atoms with E-state index < -0.39 is 18.3 Å². The molecule has 1 fully saturated rings. The number of rotatable bonds is 2. The van der Waals surface area contributed by atoms with E-state index in [1.54, 1.807) is 6.07 Å². The van der Waals surface area contributed by atoms with Gasteiger partial charge in [-0.25, -0.2) is 0 Å². The van der Waals surface area contributed by atoms with Crippen LogP contribution in [0, 0.1) is 0 Å². The second-order valence-corrected chi connectivity index (χ2v) is 6.88. The molecule has 0 bridgehead atoms. The summed E-state index contributed by atoms with van der Waals surface area (Å²) in [5, 5.41) is 1.05. The van der Waals surface area contributed by atoms with Gasteiger partial charge in [-0.2, -0.15) is 0 Å². The van der Waals surface area contributed by atoms with Crippen LogP contribution in [-0.4, -0.2) is 25.4 Å². The summed E-state index contributed by atoms with van der Waals surface area (Å²) in [6.45, 7) is 7.84. The maximum absolute atomic E-state index is 6.33. The van der Waals surface area contributed by atoms with Crippen molar-refractivity contribution >= 4 is 47.4 Å². The second kappa shape index (κ2) is 5.26. The van der Waals surface area contributed by atoms with Gasteiger partial charge in [-0.3, -0.25) is 0 Å². The molecular weight excluding hydrogens is 321 g/mol. The van der Waals surface area contributed by atoms with Gasteiger partial charge >= 0.3 is 7.12 Å². The van der Waals surface area contributed by atoms with Crippen molar-refractivity contribution in [2.24, 2.45) is 0 Å². The predicted octanol–water partition coefficient (Wildman–Crippen LogP) is 3.95. The zero-order chi connectivity index (χ0) is 15.3. The molecule has 3 nitrogen and oxygen atoms in total. The van der Waals surface area contributed by atoms with E-state index in [9.17, 15) is 0 Å². The van der Waals surface area contributed by atoms with Crippen molar-refractivity contribution in [2.45, 2.75) is 38.9 Å². The fourth-order valence-corrected chi connectivity index (χ4v) is 3.05. The Labute approximate surface area is 134 Å². The first-order valence-corrected chi connectivity index (χ1v) is 7.31. The van der Waals surface area contributed by atoms with Gasteiger partial charge in [0.1, 0.15) is 0 Å². The van der Waals surface area contributed by atoms with Crippen LogP contribution >= 0.6 is 34.8 Å². The SMILES string of the molecule is COc1c(Cl)cc(Cl)c(B2OC(C)(C)C(C)(C)O2)c1Cl. The van der Waals surface area contributed by atoms with Crippen LogP contribution in [0.15, 0.2) is 6.07 Å². The molecule has 0 radical (unpaired) electrons. The van der Waals surface area contributed by atoms with Crippen LogP contribution in [0.1, 0.15) is 27.7 Å². The van der Waals surface area contributed by atoms with Crippen LogP contribution in [-0.2, 0) is 9.31 Å². The standard InChI is InChI=1S/C13H16BCl3O3/c1-12(2)13(3,4)20-14(19-12)9-7(15)6-8(16)11(18-5)10(9)17/h6H,1-5H3. The summed E-state index contributed by atoms with van der Waals surface area (Å²) in [6, 6.07) is 1.58. The summed E-state index contributed by atoms with van der Waals surface area (Å²) in [6.07, 6.45) is 0. The molecule has 1 saturated heterocycles. The number of hydrogen-bond acceptors (Lipinski definition) is 3. The third-order valence-electron chi connectivity index (χ3n) is 3.86. The molecule has 0 unspecified atom stereocenters. The Balaban J connectivity index is 2.50. The van der Waals surface area contributed by atoms with Gasteiger partial charge < -0.3 is 14.0 Å². The van der Waals surface area contributed by atoms with E-state index in [2.05, 4.69) is 0 Å². The van der Waals surface area contributed by atoms with E-state index in [1.165, 1.54) is 7.11 Å². The van der Waals surface area contributed by atoms with Crippen molar-refractivity contribution in [3.05, 3.63) is 21.1 Å². The molecule has 0 amide bonds. The Hall–Kier alpha value is -0.125. The van der Waals surface area contributed by atoms with Crippen LogP contribution in [0.2, 0.25) is 15.1 Å². The molecule has 20 heavy (non-hydrogen) atoms. The lowest BCUT2D eigenvalue weighted by Crippen LogP contribution is -2.41. The van der Waals surface area contributed by atoms with Gasteiger partial charge in [0, 0.05) is 10.5 Å². The molecule has 0 aromatic heterocycles. The number of methoxy groups -OCH3 is 1. The number of hydrogen-bond donors (Lipinski definition) is 0. The minimum Gasteiger partial charge on any atom is -0.494 e. The molecule has 0 atom stereocenters. The van der Waals surface area contributed by atoms with Crippen molar-refractivity contribution < 1.29 is 14.0 Å². The molecule has 0 saturated carbocycles. The number of benzene rings is 1. The van der Waals surface area contributed by atoms with Gasteiger partial charge in [-0.05, 0) is 33.8 Å². The topological polar surface area (TPSA) is 27.7 Å². The van der Waals surface area contributed by atoms with E-state index in [0.717, 1.165) is 0 Å². The van der Waals surface area contributed by atoms with Crippen molar-refractivity contribution in [3.63, 3.8) is 0 Å². The molecule has 7 heteroatoms. The minimum absolute atomic E-state index is 0.309. The molecule has 110 valence electrons. The normalized spacial score (nSPS) is 20.3. The second-order valence-electron chi connectivity index (χ2n) is 5.69. The summed E-state index contributed by atoms with van der Waals surface area (Å²) in [5.41, 5.74) is -0.415. The first-order chi connectivity index (χ1) is 9.10. The molecule has 1 aromatic carbocycles. The van der Waals surface area contributed by atoms with Crippen LogP contribution < -0.4 is 10.2 Å². The maximum atomic E-state index is 6.33. The fraction of sp³-hybridized carbons (Fsp3) is 0.538. The van der Waals surface area contributed by atoms with Gasteiger partial charge in [0.05, 0.1) is 28.4 Å². The highest BCUT2D eigenvalue weighted by Crippen LogP contribution is 2.40. The smallest absolute Gasteiger partial charge is 0.494 e. The van der Waals surface area contributed by atoms with E-state index >= 15 is 0 Å². The number of ether oxygens (including phenoxy) is 1. The molecule has 1 aliphatic rings. The number of halogens is 3. The average molecular weight is 337 g/mol. The van der Waals surface area contributed by atoms with Crippen LogP contribution in [0.3, 0.4) is 0 Å². The van der Waals surface area contributed by atoms with E-state index in [-0.39, 0.29) is 0 Å². The van der Waals surface area contributed by atoms with Crippen LogP contribution in [0.5, 0.6) is 5.75 Å². The van der Waals surface area contributed by atoms with Gasteiger partial charge in [0.15, 0.2) is 5.75 Å². The summed E-state index contributed by atoms with van der Waals surface area (Å²) < 4.78 is 17.1.